The molecule has 0 aliphatic carbocycles. The van der Waals surface area contributed by atoms with Gasteiger partial charge >= 0.3 is 0 Å². The molecule has 0 fully saturated rings. The smallest absolute Gasteiger partial charge is 0 e. The van der Waals surface area contributed by atoms with E-state index in [1.54, 1.807) is 0 Å². The van der Waals surface area contributed by atoms with Gasteiger partial charge in [0.1, 0.15) is 0 Å². The average molecular weight is 1130 g/mol. The van der Waals surface area contributed by atoms with Crippen molar-refractivity contribution in [2.75, 3.05) is 0 Å². The summed E-state index contributed by atoms with van der Waals surface area (Å²) >= 11 is 0. The lowest BCUT2D eigenvalue weighted by Gasteiger charge is -1.41. The van der Waals surface area contributed by atoms with E-state index >= 15 is 0 Å². The van der Waals surface area contributed by atoms with Crippen molar-refractivity contribution in [3.63, 3.8) is 0 Å². The summed E-state index contributed by atoms with van der Waals surface area (Å²) in [5.41, 5.74) is 229. The second kappa shape index (κ2) is 72.5. The fraction of sp³-hybridized carbons (Fsp3) is 0. The maximum absolute atomic E-state index is 3.32. The summed E-state index contributed by atoms with van der Waals surface area (Å²) in [5, 5.41) is 0. The highest BCUT2D eigenvalue weighted by atomic mass is 13.5. The molecular formula is C94H4. The quantitative estimate of drug-likeness (QED) is 0.212. The largest absolute Gasteiger partial charge is 0.0687 e. The normalized spacial score (nSPS) is 3.96. The summed E-state index contributed by atoms with van der Waals surface area (Å²) in [7, 11) is 0. The van der Waals surface area contributed by atoms with E-state index in [0.717, 1.165) is 0 Å². The number of hydrogen-bond acceptors (Lipinski definition) is 0. The van der Waals surface area contributed by atoms with Gasteiger partial charge in [-0.1, -0.05) is 11.5 Å². The van der Waals surface area contributed by atoms with Gasteiger partial charge in [-0.25, -0.2) is 0 Å². The van der Waals surface area contributed by atoms with Crippen LogP contribution in [0.2, 0.25) is 0 Å². The zero-order valence-electron chi connectivity index (χ0n) is 47.4. The number of hydrogen-bond donors (Lipinski definition) is 0. The van der Waals surface area contributed by atoms with Crippen LogP contribution in [0.25, 0.3) is 0 Å². The lowest BCUT2D eigenvalue weighted by atomic mass is 10.6. The van der Waals surface area contributed by atoms with E-state index in [4.69, 9.17) is 0 Å². The lowest BCUT2D eigenvalue weighted by Crippen LogP contribution is -1.26. The monoisotopic (exact) mass is 1130 g/mol. The van der Waals surface area contributed by atoms with Gasteiger partial charge in [-0.2, -0.15) is 0 Å². The second-order valence-electron chi connectivity index (χ2n) is 11.6. The highest BCUT2D eigenvalue weighted by Crippen LogP contribution is 1.66. The van der Waals surface area contributed by atoms with Crippen LogP contribution in [0.5, 0.6) is 0 Å². The first-order valence-corrected chi connectivity index (χ1v) is 23.5. The van der Waals surface area contributed by atoms with E-state index in [1.807, 2.05) is 0 Å². The van der Waals surface area contributed by atoms with E-state index in [2.05, 4.69) is 540 Å². The molecule has 0 aromatic heterocycles. The Morgan fingerprint density at radius 2 is 0.0851 bits per heavy atom. The van der Waals surface area contributed by atoms with E-state index in [1.165, 1.54) is 0 Å². The average Bonchev–Trinajstić information content (AvgIpc) is 3.59. The Kier molecular flexibility index (Phi) is 56.7. The van der Waals surface area contributed by atoms with Crippen LogP contribution in [0.15, 0.2) is 540 Å². The van der Waals surface area contributed by atoms with Gasteiger partial charge < -0.3 is 0 Å². The van der Waals surface area contributed by atoms with Crippen molar-refractivity contribution in [1.29, 1.82) is 0 Å². The summed E-state index contributed by atoms with van der Waals surface area (Å²) in [6, 6.07) is 0. The molecule has 0 amide bonds. The molecule has 0 radical (unpaired) electrons. The first-order chi connectivity index (χ1) is 46.9. The Labute approximate surface area is 537 Å². The van der Waals surface area contributed by atoms with Crippen LogP contribution in [-0.4, -0.2) is 0 Å². The minimum absolute atomic E-state index is 2.37. The van der Waals surface area contributed by atoms with Crippen molar-refractivity contribution < 1.29 is 0 Å². The Morgan fingerprint density at radius 3 is 0.117 bits per heavy atom. The molecule has 0 heterocycles. The fourth-order valence-electron chi connectivity index (χ4n) is 2.84. The molecule has 0 bridgehead atoms. The van der Waals surface area contributed by atoms with Crippen LogP contribution in [-0.2, 0) is 0 Å². The molecule has 0 aliphatic rings. The van der Waals surface area contributed by atoms with E-state index < -0.39 is 0 Å². The molecule has 0 unspecified atom stereocenters. The van der Waals surface area contributed by atoms with Gasteiger partial charge in [-0.05, 0) is 105 Å². The molecule has 0 heteroatoms. The summed E-state index contributed by atoms with van der Waals surface area (Å²) in [5.74, 6) is 0. The third kappa shape index (κ3) is 71.5. The van der Waals surface area contributed by atoms with Gasteiger partial charge in [0.05, 0.1) is 0 Å². The maximum atomic E-state index is 3.32. The Morgan fingerprint density at radius 1 is 0.0532 bits per heavy atom. The van der Waals surface area contributed by atoms with Crippen molar-refractivity contribution in [2.24, 2.45) is 0 Å². The third-order valence-electron chi connectivity index (χ3n) is 5.74. The molecule has 94 heavy (non-hydrogen) atoms. The van der Waals surface area contributed by atoms with Crippen LogP contribution in [0, 0.1) is 0 Å². The topological polar surface area (TPSA) is 0 Å². The van der Waals surface area contributed by atoms with Crippen molar-refractivity contribution >= 4 is 0 Å². The van der Waals surface area contributed by atoms with Crippen LogP contribution in [0.1, 0.15) is 0 Å². The lowest BCUT2D eigenvalue weighted by molar-refractivity contribution is 2.10. The molecule has 0 aliphatic heterocycles. The van der Waals surface area contributed by atoms with Gasteiger partial charge in [-0.3, -0.25) is 0 Å². The Balaban J connectivity index is 6.17. The summed E-state index contributed by atoms with van der Waals surface area (Å²) < 4.78 is 0. The summed E-state index contributed by atoms with van der Waals surface area (Å²) in [6.45, 7) is 6.63. The van der Waals surface area contributed by atoms with Gasteiger partial charge in [0, 0.05) is 424 Å². The summed E-state index contributed by atoms with van der Waals surface area (Å²) in [4.78, 5) is 0. The predicted molar refractivity (Wildman–Crippen MR) is 334 cm³/mol. The highest BCUT2D eigenvalue weighted by molar-refractivity contribution is 5.01. The number of rotatable bonds is 0. The minimum atomic E-state index is 2.37. The van der Waals surface area contributed by atoms with E-state index in [0.29, 0.717) is 0 Å². The highest BCUT2D eigenvalue weighted by Gasteiger charge is 1.50. The third-order valence-corrected chi connectivity index (χ3v) is 5.74. The second-order valence-corrected chi connectivity index (χ2v) is 11.6. The molecule has 0 atom stereocenters. The molecule has 0 nitrogen and oxygen atoms in total. The molecule has 0 spiro atoms. The minimum Gasteiger partial charge on any atom is -0.0687 e. The molecule has 0 aromatic carbocycles. The van der Waals surface area contributed by atoms with Crippen molar-refractivity contribution in [3.05, 3.63) is 540 Å². The molecule has 0 saturated carbocycles. The molecule has 380 valence electrons. The molecule has 0 saturated heterocycles. The first-order valence-electron chi connectivity index (χ1n) is 23.5. The van der Waals surface area contributed by atoms with Crippen molar-refractivity contribution in [2.45, 2.75) is 0 Å². The standard InChI is InChI=1S/C94H4/c1-3-5-7-9-11-13-15-17-19-21-23-25-27-29-31-33-35-37-39-41-43-45-47-49-51-53-55-57-59-61-63-65-67-69-71-73-75-77-79-81-83-85-87-89-91-93-94-92-90-88-86-84-82-80-78-76-74-72-70-68-66-64-62-60-58-56-54-52-50-48-46-44-42-40-38-36-34-32-30-28-26-24-22-20-18-16-14-12-10-8-6-4-2/h1-2H2. The molecule has 0 N–H and O–H groups in total. The van der Waals surface area contributed by atoms with Crippen molar-refractivity contribution in [3.8, 4) is 0 Å². The van der Waals surface area contributed by atoms with Gasteiger partial charge in [-0.15, -0.1) is 0 Å². The van der Waals surface area contributed by atoms with E-state index in [9.17, 15) is 0 Å². The van der Waals surface area contributed by atoms with Gasteiger partial charge in [0.2, 0.25) is 0 Å². The fourth-order valence-corrected chi connectivity index (χ4v) is 2.84. The van der Waals surface area contributed by atoms with Gasteiger partial charge in [0.15, 0.2) is 0 Å². The molecule has 0 aromatic rings. The SMILES string of the molecule is C=C=C=C=C=C=C=C=C=C=C=C=C=C=C=C=C=C=C=C=C=C=C=C=C=C=C=C=C=C=C=C=C=C=C=C=C=C=C=C=C=C=C=C=C=C=C=C=C=C=C=C=C=C=C=C=C=C=C=C=C=C=C=C=C=C=C=C=C=C=C=C=C=C=C=C=C=C=C=C=C=C=C=C=C=C=C=C=C=C=C=C=C=C. The van der Waals surface area contributed by atoms with Crippen molar-refractivity contribution in [1.82, 2.24) is 0 Å². The van der Waals surface area contributed by atoms with Gasteiger partial charge in [0.25, 0.3) is 0 Å². The zero-order valence-corrected chi connectivity index (χ0v) is 47.4. The first kappa shape index (κ1) is 73.5. The maximum Gasteiger partial charge on any atom is 0 e. The van der Waals surface area contributed by atoms with E-state index in [-0.39, 0.29) is 0 Å². The van der Waals surface area contributed by atoms with Crippen LogP contribution < -0.4 is 0 Å². The summed E-state index contributed by atoms with van der Waals surface area (Å²) in [6.07, 6.45) is 0. The molecular weight excluding hydrogens is 1130 g/mol. The Bertz CT molecular complexity index is 6960. The predicted octanol–water partition coefficient (Wildman–Crippen LogP) is 15.1. The Hall–Kier alpha value is -20.5. The zero-order chi connectivity index (χ0) is 67.1. The molecule has 0 rings (SSSR count). The van der Waals surface area contributed by atoms with Crippen LogP contribution in [0.4, 0.5) is 0 Å². The van der Waals surface area contributed by atoms with Crippen LogP contribution >= 0.6 is 0 Å². The van der Waals surface area contributed by atoms with Crippen LogP contribution in [0.3, 0.4) is 0 Å².